The van der Waals surface area contributed by atoms with E-state index in [1.165, 1.54) is 11.3 Å². The number of amides is 3. The van der Waals surface area contributed by atoms with E-state index >= 15 is 0 Å². The maximum absolute atomic E-state index is 14.4. The van der Waals surface area contributed by atoms with Crippen molar-refractivity contribution in [3.8, 4) is 5.75 Å². The number of benzene rings is 2. The smallest absolute Gasteiger partial charge is 0.429 e. The molecule has 1 aliphatic heterocycles. The summed E-state index contributed by atoms with van der Waals surface area (Å²) in [6, 6.07) is 13.9. The van der Waals surface area contributed by atoms with Crippen molar-refractivity contribution >= 4 is 64.5 Å². The van der Waals surface area contributed by atoms with Crippen molar-refractivity contribution in [2.24, 2.45) is 0 Å². The third-order valence-corrected chi connectivity index (χ3v) is 7.64. The fraction of sp³-hybridized carbons (Fsp3) is 0.345. The third-order valence-electron chi connectivity index (χ3n) is 6.75. The van der Waals surface area contributed by atoms with Gasteiger partial charge in [-0.2, -0.15) is 0 Å². The Labute approximate surface area is 245 Å². The standard InChI is InChI=1S/C29H34N4O3S.HI/c1-28(2,3)20-16-18(17-21(24(20)34)29(4,5)6)33(14-13-31-27(33)36)26(35)19-10-7-8-11-22(19)32-25(30)23-12-9-15-37-23;/h7-12,15-17H,13-14H2,1-6H3,(H3-,30,31,32,34,35,36);1H/p+1. The number of rotatable bonds is 4. The molecular formula is C29H36IN4O3S+. The lowest BCUT2D eigenvalue weighted by atomic mass is 9.79. The van der Waals surface area contributed by atoms with Gasteiger partial charge in [0.2, 0.25) is 0 Å². The molecule has 7 nitrogen and oxygen atoms in total. The molecule has 9 heteroatoms. The minimum Gasteiger partial charge on any atom is -0.507 e. The summed E-state index contributed by atoms with van der Waals surface area (Å²) in [5.41, 5.74) is 1.85. The molecule has 1 aromatic heterocycles. The van der Waals surface area contributed by atoms with Gasteiger partial charge in [0, 0.05) is 23.3 Å². The van der Waals surface area contributed by atoms with Crippen molar-refractivity contribution < 1.29 is 14.7 Å². The molecule has 0 aliphatic carbocycles. The van der Waals surface area contributed by atoms with Crippen molar-refractivity contribution in [3.63, 3.8) is 0 Å². The number of halogens is 1. The second-order valence-electron chi connectivity index (χ2n) is 11.5. The number of quaternary nitrogens is 1. The zero-order valence-corrected chi connectivity index (χ0v) is 25.8. The number of nitrogens with zero attached hydrogens (tertiary/aromatic N) is 1. The number of hydrogen-bond acceptors (Lipinski definition) is 5. The molecule has 4 rings (SSSR count). The Morgan fingerprint density at radius 2 is 1.63 bits per heavy atom. The predicted molar refractivity (Wildman–Crippen MR) is 167 cm³/mol. The first kappa shape index (κ1) is 29.8. The molecule has 2 aromatic carbocycles. The minimum atomic E-state index is -0.544. The molecule has 202 valence electrons. The van der Waals surface area contributed by atoms with Crippen LogP contribution in [0.5, 0.6) is 5.75 Å². The number of carbonyl (C=O) groups excluding carboxylic acids is 2. The van der Waals surface area contributed by atoms with Gasteiger partial charge in [0.05, 0.1) is 17.1 Å². The number of aromatic hydroxyl groups is 1. The van der Waals surface area contributed by atoms with Gasteiger partial charge in [-0.15, -0.1) is 39.8 Å². The Morgan fingerprint density at radius 3 is 2.13 bits per heavy atom. The number of urea groups is 1. The van der Waals surface area contributed by atoms with E-state index in [0.717, 1.165) is 4.88 Å². The van der Waals surface area contributed by atoms with E-state index in [0.29, 0.717) is 34.6 Å². The molecule has 1 atom stereocenters. The maximum Gasteiger partial charge on any atom is 0.429 e. The topological polar surface area (TPSA) is 102 Å². The normalized spacial score (nSPS) is 17.5. The number of thiophene rings is 1. The Bertz CT molecular complexity index is 1340. The van der Waals surface area contributed by atoms with Gasteiger partial charge >= 0.3 is 11.9 Å². The van der Waals surface area contributed by atoms with Gasteiger partial charge in [-0.25, -0.2) is 9.59 Å². The predicted octanol–water partition coefficient (Wildman–Crippen LogP) is 6.98. The van der Waals surface area contributed by atoms with E-state index in [1.807, 2.05) is 59.1 Å². The number of imide groups is 1. The van der Waals surface area contributed by atoms with Crippen LogP contribution in [-0.4, -0.2) is 36.0 Å². The second-order valence-corrected chi connectivity index (χ2v) is 12.4. The van der Waals surface area contributed by atoms with Crippen molar-refractivity contribution in [3.05, 3.63) is 75.5 Å². The molecule has 1 fully saturated rings. The van der Waals surface area contributed by atoms with Crippen LogP contribution in [0.3, 0.4) is 0 Å². The number of amidine groups is 1. The van der Waals surface area contributed by atoms with E-state index in [4.69, 9.17) is 5.41 Å². The van der Waals surface area contributed by atoms with Crippen LogP contribution in [0.1, 0.15) is 67.9 Å². The van der Waals surface area contributed by atoms with Gasteiger partial charge in [0.1, 0.15) is 23.7 Å². The van der Waals surface area contributed by atoms with Gasteiger partial charge in [-0.3, -0.25) is 10.7 Å². The van der Waals surface area contributed by atoms with Crippen molar-refractivity contribution in [1.29, 1.82) is 5.41 Å². The number of carbonyl (C=O) groups is 2. The average molecular weight is 648 g/mol. The van der Waals surface area contributed by atoms with Gasteiger partial charge in [0.25, 0.3) is 0 Å². The highest BCUT2D eigenvalue weighted by Gasteiger charge is 2.53. The number of phenolic OH excluding ortho intramolecular Hbond substituents is 1. The van der Waals surface area contributed by atoms with E-state index in [2.05, 4.69) is 10.6 Å². The first-order chi connectivity index (χ1) is 17.3. The summed E-state index contributed by atoms with van der Waals surface area (Å²) in [5.74, 6) is -0.00903. The van der Waals surface area contributed by atoms with Crippen molar-refractivity contribution in [2.75, 3.05) is 18.4 Å². The Balaban J connectivity index is 0.00000400. The van der Waals surface area contributed by atoms with Crippen LogP contribution in [0.2, 0.25) is 0 Å². The summed E-state index contributed by atoms with van der Waals surface area (Å²) in [6.45, 7) is 12.6. The largest absolute Gasteiger partial charge is 0.507 e. The number of nitrogens with one attached hydrogen (secondary N) is 3. The molecule has 0 saturated carbocycles. The Morgan fingerprint density at radius 1 is 1.03 bits per heavy atom. The molecular weight excluding hydrogens is 611 g/mol. The minimum absolute atomic E-state index is 0. The fourth-order valence-electron chi connectivity index (χ4n) is 4.71. The molecule has 3 aromatic rings. The maximum atomic E-state index is 14.4. The second kappa shape index (κ2) is 10.8. The summed E-state index contributed by atoms with van der Waals surface area (Å²) in [6.07, 6.45) is 0. The summed E-state index contributed by atoms with van der Waals surface area (Å²) in [4.78, 5) is 28.7. The van der Waals surface area contributed by atoms with Crippen LogP contribution < -0.4 is 15.1 Å². The zero-order valence-electron chi connectivity index (χ0n) is 22.6. The van der Waals surface area contributed by atoms with Crippen LogP contribution in [-0.2, 0) is 10.8 Å². The number of hydrogen-bond donors (Lipinski definition) is 4. The van der Waals surface area contributed by atoms with Crippen molar-refractivity contribution in [1.82, 2.24) is 9.80 Å². The highest BCUT2D eigenvalue weighted by atomic mass is 127. The molecule has 0 spiro atoms. The lowest BCUT2D eigenvalue weighted by Gasteiger charge is -2.32. The highest BCUT2D eigenvalue weighted by molar-refractivity contribution is 14.0. The van der Waals surface area contributed by atoms with E-state index < -0.39 is 21.3 Å². The van der Waals surface area contributed by atoms with Crippen molar-refractivity contribution in [2.45, 2.75) is 52.4 Å². The van der Waals surface area contributed by atoms with Gasteiger partial charge in [-0.1, -0.05) is 59.7 Å². The first-order valence-corrected chi connectivity index (χ1v) is 13.2. The number of phenols is 1. The molecule has 0 radical (unpaired) electrons. The summed E-state index contributed by atoms with van der Waals surface area (Å²) in [5, 5.41) is 27.5. The molecule has 3 amide bonds. The van der Waals surface area contributed by atoms with Gasteiger partial charge < -0.3 is 10.4 Å². The molecule has 4 N–H and O–H groups in total. The van der Waals surface area contributed by atoms with E-state index in [-0.39, 0.29) is 48.0 Å². The molecule has 2 heterocycles. The summed E-state index contributed by atoms with van der Waals surface area (Å²) >= 11 is 1.43. The lowest BCUT2D eigenvalue weighted by Crippen LogP contribution is -2.56. The molecule has 1 saturated heterocycles. The van der Waals surface area contributed by atoms with E-state index in [1.54, 1.807) is 36.4 Å². The average Bonchev–Trinajstić information content (AvgIpc) is 3.48. The molecule has 1 aliphatic rings. The SMILES string of the molecule is CC(C)(C)c1cc([N+]2(C(=O)c3ccccc3NC(=N)c3cccs3)CCNC2=O)cc(C(C)(C)C)c1O.I. The van der Waals surface area contributed by atoms with Gasteiger partial charge in [0.15, 0.2) is 5.69 Å². The monoisotopic (exact) mass is 647 g/mol. The zero-order chi connectivity index (χ0) is 27.2. The quantitative estimate of drug-likeness (QED) is 0.106. The number of anilines is 1. The van der Waals surface area contributed by atoms with Crippen LogP contribution in [0.15, 0.2) is 53.9 Å². The molecule has 1 unspecified atom stereocenters. The van der Waals surface area contributed by atoms with Crippen LogP contribution in [0.25, 0.3) is 0 Å². The summed E-state index contributed by atoms with van der Waals surface area (Å²) in [7, 11) is 0. The fourth-order valence-corrected chi connectivity index (χ4v) is 5.34. The lowest BCUT2D eigenvalue weighted by molar-refractivity contribution is 0.0833. The third kappa shape index (κ3) is 5.37. The van der Waals surface area contributed by atoms with Crippen LogP contribution in [0, 0.1) is 5.41 Å². The molecule has 0 bridgehead atoms. The number of para-hydroxylation sites is 1. The molecule has 38 heavy (non-hydrogen) atoms. The summed E-state index contributed by atoms with van der Waals surface area (Å²) < 4.78 is -0.544. The van der Waals surface area contributed by atoms with E-state index in [9.17, 15) is 14.7 Å². The first-order valence-electron chi connectivity index (χ1n) is 12.3. The van der Waals surface area contributed by atoms with Crippen LogP contribution in [0.4, 0.5) is 16.2 Å². The van der Waals surface area contributed by atoms with Gasteiger partial charge in [-0.05, 0) is 34.4 Å². The highest BCUT2D eigenvalue weighted by Crippen LogP contribution is 2.44. The Kier molecular flexibility index (Phi) is 8.45. The Hall–Kier alpha value is -2.76. The van der Waals surface area contributed by atoms with Crippen LogP contribution >= 0.6 is 35.3 Å².